The molecule has 1 aromatic rings. The third kappa shape index (κ3) is 4.28. The smallest absolute Gasteiger partial charge is 0.317 e. The molecule has 1 aliphatic rings. The van der Waals surface area contributed by atoms with E-state index in [1.165, 1.54) is 5.56 Å². The van der Waals surface area contributed by atoms with Crippen LogP contribution in [0.2, 0.25) is 0 Å². The Bertz CT molecular complexity index is 613. The van der Waals surface area contributed by atoms with Crippen LogP contribution in [0.15, 0.2) is 12.1 Å². The van der Waals surface area contributed by atoms with Crippen LogP contribution in [0.3, 0.4) is 0 Å². The molecule has 0 unspecified atom stereocenters. The third-order valence-corrected chi connectivity index (χ3v) is 4.67. The van der Waals surface area contributed by atoms with Gasteiger partial charge in [-0.15, -0.1) is 0 Å². The van der Waals surface area contributed by atoms with E-state index in [0.29, 0.717) is 32.7 Å². The number of amides is 3. The number of hydrogen-bond acceptors (Lipinski definition) is 2. The first-order valence-electron chi connectivity index (χ1n) is 8.84. The molecule has 132 valence electrons. The zero-order chi connectivity index (χ0) is 17.7. The highest BCUT2D eigenvalue weighted by molar-refractivity contribution is 5.96. The van der Waals surface area contributed by atoms with Crippen molar-refractivity contribution < 1.29 is 9.59 Å². The summed E-state index contributed by atoms with van der Waals surface area (Å²) in [6.45, 7) is 11.4. The molecule has 0 atom stereocenters. The normalized spacial score (nSPS) is 15.2. The van der Waals surface area contributed by atoms with E-state index in [4.69, 9.17) is 0 Å². The maximum Gasteiger partial charge on any atom is 0.317 e. The van der Waals surface area contributed by atoms with Crippen molar-refractivity contribution in [3.8, 4) is 0 Å². The third-order valence-electron chi connectivity index (χ3n) is 4.67. The molecule has 0 spiro atoms. The number of urea groups is 1. The summed E-state index contributed by atoms with van der Waals surface area (Å²) >= 11 is 0. The predicted molar refractivity (Wildman–Crippen MR) is 96.4 cm³/mol. The molecule has 0 aliphatic carbocycles. The van der Waals surface area contributed by atoms with Gasteiger partial charge < -0.3 is 15.1 Å². The van der Waals surface area contributed by atoms with Crippen LogP contribution < -0.4 is 5.32 Å². The van der Waals surface area contributed by atoms with Crippen molar-refractivity contribution in [1.82, 2.24) is 15.1 Å². The molecule has 0 bridgehead atoms. The van der Waals surface area contributed by atoms with Crippen molar-refractivity contribution in [1.29, 1.82) is 0 Å². The summed E-state index contributed by atoms with van der Waals surface area (Å²) in [6.07, 6.45) is 1.74. The lowest BCUT2D eigenvalue weighted by Gasteiger charge is -2.23. The van der Waals surface area contributed by atoms with E-state index in [-0.39, 0.29) is 11.9 Å². The Morgan fingerprint density at radius 1 is 0.958 bits per heavy atom. The number of rotatable bonds is 3. The van der Waals surface area contributed by atoms with Crippen molar-refractivity contribution in [2.24, 2.45) is 0 Å². The van der Waals surface area contributed by atoms with E-state index >= 15 is 0 Å². The molecular formula is C19H29N3O2. The van der Waals surface area contributed by atoms with Gasteiger partial charge in [0.2, 0.25) is 0 Å². The topological polar surface area (TPSA) is 52.7 Å². The van der Waals surface area contributed by atoms with E-state index in [1.807, 2.05) is 36.6 Å². The Hall–Kier alpha value is -2.04. The first-order chi connectivity index (χ1) is 11.4. The molecule has 1 heterocycles. The number of aryl methyl sites for hydroxylation is 3. The number of nitrogens with zero attached hydrogens (tertiary/aromatic N) is 2. The van der Waals surface area contributed by atoms with Gasteiger partial charge in [-0.05, 0) is 56.4 Å². The maximum absolute atomic E-state index is 12.9. The van der Waals surface area contributed by atoms with Crippen molar-refractivity contribution in [2.75, 3.05) is 32.7 Å². The van der Waals surface area contributed by atoms with Crippen molar-refractivity contribution in [3.63, 3.8) is 0 Å². The van der Waals surface area contributed by atoms with Gasteiger partial charge in [0.15, 0.2) is 0 Å². The zero-order valence-corrected chi connectivity index (χ0v) is 15.3. The molecule has 1 N–H and O–H groups in total. The van der Waals surface area contributed by atoms with Crippen LogP contribution in [0.1, 0.15) is 46.8 Å². The molecule has 3 amide bonds. The molecule has 2 rings (SSSR count). The van der Waals surface area contributed by atoms with Gasteiger partial charge in [0.1, 0.15) is 0 Å². The van der Waals surface area contributed by atoms with Crippen LogP contribution in [-0.4, -0.2) is 54.5 Å². The van der Waals surface area contributed by atoms with Crippen molar-refractivity contribution in [2.45, 2.75) is 40.5 Å². The number of benzene rings is 1. The fourth-order valence-corrected chi connectivity index (χ4v) is 3.03. The Labute approximate surface area is 145 Å². The van der Waals surface area contributed by atoms with Gasteiger partial charge in [-0.3, -0.25) is 4.79 Å². The molecular weight excluding hydrogens is 302 g/mol. The van der Waals surface area contributed by atoms with Crippen LogP contribution in [-0.2, 0) is 0 Å². The highest BCUT2D eigenvalue weighted by Crippen LogP contribution is 2.18. The Morgan fingerprint density at radius 3 is 2.29 bits per heavy atom. The first kappa shape index (κ1) is 18.3. The lowest BCUT2D eigenvalue weighted by Crippen LogP contribution is -2.42. The monoisotopic (exact) mass is 331 g/mol. The molecule has 0 radical (unpaired) electrons. The standard InChI is InChI=1S/C19H29N3O2/c1-5-7-20-19(24)22-9-6-8-21(10-11-22)18(23)17-13-15(3)14(2)12-16(17)4/h12-13H,5-11H2,1-4H3,(H,20,24). The summed E-state index contributed by atoms with van der Waals surface area (Å²) < 4.78 is 0. The summed E-state index contributed by atoms with van der Waals surface area (Å²) in [5.41, 5.74) is 4.14. The van der Waals surface area contributed by atoms with Crippen LogP contribution in [0, 0.1) is 20.8 Å². The Balaban J connectivity index is 2.04. The van der Waals surface area contributed by atoms with Gasteiger partial charge in [-0.2, -0.15) is 0 Å². The largest absolute Gasteiger partial charge is 0.338 e. The van der Waals surface area contributed by atoms with Gasteiger partial charge in [0.25, 0.3) is 5.91 Å². The van der Waals surface area contributed by atoms with Gasteiger partial charge in [-0.1, -0.05) is 13.0 Å². The molecule has 1 fully saturated rings. The first-order valence-corrected chi connectivity index (χ1v) is 8.84. The van der Waals surface area contributed by atoms with Crippen molar-refractivity contribution >= 4 is 11.9 Å². The van der Waals surface area contributed by atoms with Gasteiger partial charge in [-0.25, -0.2) is 4.79 Å². The molecule has 0 aromatic heterocycles. The molecule has 1 aromatic carbocycles. The number of carbonyl (C=O) groups excluding carboxylic acids is 2. The zero-order valence-electron chi connectivity index (χ0n) is 15.3. The molecule has 5 heteroatoms. The fourth-order valence-electron chi connectivity index (χ4n) is 3.03. The molecule has 1 aliphatic heterocycles. The molecule has 24 heavy (non-hydrogen) atoms. The van der Waals surface area contributed by atoms with Gasteiger partial charge >= 0.3 is 6.03 Å². The second-order valence-corrected chi connectivity index (χ2v) is 6.62. The molecule has 0 saturated carbocycles. The average molecular weight is 331 g/mol. The summed E-state index contributed by atoms with van der Waals surface area (Å²) in [4.78, 5) is 28.7. The average Bonchev–Trinajstić information content (AvgIpc) is 2.81. The number of nitrogens with one attached hydrogen (secondary N) is 1. The number of hydrogen-bond donors (Lipinski definition) is 1. The van der Waals surface area contributed by atoms with Gasteiger partial charge in [0, 0.05) is 38.3 Å². The van der Waals surface area contributed by atoms with Crippen LogP contribution in [0.4, 0.5) is 4.79 Å². The lowest BCUT2D eigenvalue weighted by molar-refractivity contribution is 0.0761. The fraction of sp³-hybridized carbons (Fsp3) is 0.579. The summed E-state index contributed by atoms with van der Waals surface area (Å²) in [5, 5.41) is 2.91. The SMILES string of the molecule is CCCNC(=O)N1CCCN(C(=O)c2cc(C)c(C)cc2C)CC1. The van der Waals surface area contributed by atoms with E-state index in [0.717, 1.165) is 29.5 Å². The minimum atomic E-state index is -0.0199. The highest BCUT2D eigenvalue weighted by Gasteiger charge is 2.23. The van der Waals surface area contributed by atoms with Crippen LogP contribution in [0.25, 0.3) is 0 Å². The van der Waals surface area contributed by atoms with E-state index in [9.17, 15) is 9.59 Å². The Morgan fingerprint density at radius 2 is 1.58 bits per heavy atom. The maximum atomic E-state index is 12.9. The minimum absolute atomic E-state index is 0.0199. The second kappa shape index (κ2) is 8.18. The second-order valence-electron chi connectivity index (χ2n) is 6.62. The summed E-state index contributed by atoms with van der Waals surface area (Å²) in [5.74, 6) is 0.0754. The minimum Gasteiger partial charge on any atom is -0.338 e. The predicted octanol–water partition coefficient (Wildman–Crippen LogP) is 2.88. The Kier molecular flexibility index (Phi) is 6.23. The lowest BCUT2D eigenvalue weighted by atomic mass is 10.00. The quantitative estimate of drug-likeness (QED) is 0.926. The van der Waals surface area contributed by atoms with Crippen molar-refractivity contribution in [3.05, 3.63) is 34.4 Å². The molecule has 5 nitrogen and oxygen atoms in total. The van der Waals surface area contributed by atoms with E-state index < -0.39 is 0 Å². The van der Waals surface area contributed by atoms with Gasteiger partial charge in [0.05, 0.1) is 0 Å². The molecule has 1 saturated heterocycles. The number of carbonyl (C=O) groups is 2. The summed E-state index contributed by atoms with van der Waals surface area (Å²) in [6, 6.07) is 4.04. The van der Waals surface area contributed by atoms with Crippen LogP contribution >= 0.6 is 0 Å². The van der Waals surface area contributed by atoms with Crippen LogP contribution in [0.5, 0.6) is 0 Å². The summed E-state index contributed by atoms with van der Waals surface area (Å²) in [7, 11) is 0. The van der Waals surface area contributed by atoms with E-state index in [1.54, 1.807) is 0 Å². The van der Waals surface area contributed by atoms with E-state index in [2.05, 4.69) is 18.3 Å². The highest BCUT2D eigenvalue weighted by atomic mass is 16.2.